The van der Waals surface area contributed by atoms with Crippen molar-refractivity contribution in [3.05, 3.63) is 23.9 Å². The van der Waals surface area contributed by atoms with Gasteiger partial charge in [0.1, 0.15) is 5.82 Å². The maximum absolute atomic E-state index is 4.44. The molecular weight excluding hydrogens is 198 g/mol. The molecule has 1 aliphatic heterocycles. The molecule has 3 nitrogen and oxygen atoms in total. The van der Waals surface area contributed by atoms with Crippen molar-refractivity contribution in [1.82, 2.24) is 10.3 Å². The number of nitrogens with zero attached hydrogens (tertiary/aromatic N) is 1. The van der Waals surface area contributed by atoms with Crippen LogP contribution in [0.1, 0.15) is 38.3 Å². The Morgan fingerprint density at radius 1 is 1.50 bits per heavy atom. The first-order chi connectivity index (χ1) is 7.75. The minimum absolute atomic E-state index is 0.520. The van der Waals surface area contributed by atoms with E-state index >= 15 is 0 Å². The molecule has 1 atom stereocenters. The van der Waals surface area contributed by atoms with Crippen molar-refractivity contribution in [2.75, 3.05) is 18.4 Å². The molecule has 0 aromatic carbocycles. The van der Waals surface area contributed by atoms with Gasteiger partial charge >= 0.3 is 0 Å². The normalized spacial score (nSPS) is 20.3. The average molecular weight is 219 g/mol. The van der Waals surface area contributed by atoms with E-state index in [-0.39, 0.29) is 0 Å². The molecule has 2 heterocycles. The molecule has 0 aliphatic carbocycles. The maximum atomic E-state index is 4.44. The molecule has 88 valence electrons. The van der Waals surface area contributed by atoms with Crippen LogP contribution in [0.15, 0.2) is 18.3 Å². The van der Waals surface area contributed by atoms with Crippen molar-refractivity contribution >= 4 is 5.82 Å². The van der Waals surface area contributed by atoms with Gasteiger partial charge in [0.25, 0.3) is 0 Å². The summed E-state index contributed by atoms with van der Waals surface area (Å²) >= 11 is 0. The zero-order valence-electron chi connectivity index (χ0n) is 10.2. The number of nitrogens with one attached hydrogen (secondary N) is 2. The van der Waals surface area contributed by atoms with Crippen LogP contribution in [0.3, 0.4) is 0 Å². The van der Waals surface area contributed by atoms with Gasteiger partial charge < -0.3 is 10.6 Å². The Morgan fingerprint density at radius 2 is 2.38 bits per heavy atom. The summed E-state index contributed by atoms with van der Waals surface area (Å²) in [5.74, 6) is 1.63. The highest BCUT2D eigenvalue weighted by Crippen LogP contribution is 2.22. The lowest BCUT2D eigenvalue weighted by molar-refractivity contribution is 0.644. The third kappa shape index (κ3) is 2.95. The summed E-state index contributed by atoms with van der Waals surface area (Å²) in [4.78, 5) is 4.44. The monoisotopic (exact) mass is 219 g/mol. The Morgan fingerprint density at radius 3 is 2.94 bits per heavy atom. The second-order valence-electron chi connectivity index (χ2n) is 4.90. The van der Waals surface area contributed by atoms with Gasteiger partial charge in [-0.2, -0.15) is 0 Å². The van der Waals surface area contributed by atoms with E-state index in [0.717, 1.165) is 18.9 Å². The van der Waals surface area contributed by atoms with Crippen molar-refractivity contribution in [3.8, 4) is 0 Å². The van der Waals surface area contributed by atoms with Gasteiger partial charge in [-0.1, -0.05) is 19.9 Å². The van der Waals surface area contributed by atoms with Crippen LogP contribution in [0.2, 0.25) is 0 Å². The van der Waals surface area contributed by atoms with Crippen molar-refractivity contribution in [2.24, 2.45) is 5.92 Å². The molecule has 2 rings (SSSR count). The molecule has 2 N–H and O–H groups in total. The van der Waals surface area contributed by atoms with Crippen molar-refractivity contribution in [1.29, 1.82) is 0 Å². The molecule has 0 unspecified atom stereocenters. The first-order valence-electron chi connectivity index (χ1n) is 6.19. The molecule has 0 saturated carbocycles. The van der Waals surface area contributed by atoms with Crippen molar-refractivity contribution < 1.29 is 0 Å². The zero-order chi connectivity index (χ0) is 11.4. The lowest BCUT2D eigenvalue weighted by Crippen LogP contribution is -2.13. The van der Waals surface area contributed by atoms with Gasteiger partial charge in [-0.15, -0.1) is 0 Å². The summed E-state index contributed by atoms with van der Waals surface area (Å²) in [6, 6.07) is 4.78. The van der Waals surface area contributed by atoms with E-state index in [2.05, 4.69) is 41.6 Å². The smallest absolute Gasteiger partial charge is 0.125 e. The van der Waals surface area contributed by atoms with Crippen LogP contribution in [0.4, 0.5) is 5.82 Å². The van der Waals surface area contributed by atoms with E-state index in [1.165, 1.54) is 18.4 Å². The molecule has 1 aromatic heterocycles. The Hall–Kier alpha value is -1.09. The Labute approximate surface area is 97.7 Å². The van der Waals surface area contributed by atoms with Crippen LogP contribution in [0.5, 0.6) is 0 Å². The Kier molecular flexibility index (Phi) is 3.78. The van der Waals surface area contributed by atoms with Gasteiger partial charge in [0.15, 0.2) is 0 Å². The highest BCUT2D eigenvalue weighted by Gasteiger charge is 2.15. The molecule has 0 spiro atoms. The fourth-order valence-electron chi connectivity index (χ4n) is 1.99. The predicted octanol–water partition coefficient (Wildman–Crippen LogP) is 2.57. The molecular formula is C13H21N3. The number of hydrogen-bond acceptors (Lipinski definition) is 3. The first kappa shape index (κ1) is 11.4. The standard InChI is InChI=1S/C13H21N3/c1-10(2)8-15-13-6-5-11(9-16-13)12-4-3-7-14-12/h5-6,9-10,12,14H,3-4,7-8H2,1-2H3,(H,15,16)/t12-/m0/s1. The van der Waals surface area contributed by atoms with Crippen molar-refractivity contribution in [3.63, 3.8) is 0 Å². The maximum Gasteiger partial charge on any atom is 0.125 e. The third-order valence-corrected chi connectivity index (χ3v) is 2.94. The number of hydrogen-bond donors (Lipinski definition) is 2. The molecule has 0 bridgehead atoms. The molecule has 1 fully saturated rings. The zero-order valence-corrected chi connectivity index (χ0v) is 10.2. The lowest BCUT2D eigenvalue weighted by atomic mass is 10.1. The highest BCUT2D eigenvalue weighted by molar-refractivity contribution is 5.36. The topological polar surface area (TPSA) is 37.0 Å². The summed E-state index contributed by atoms with van der Waals surface area (Å²) in [5.41, 5.74) is 1.31. The highest BCUT2D eigenvalue weighted by atomic mass is 15.0. The second-order valence-corrected chi connectivity index (χ2v) is 4.90. The molecule has 0 amide bonds. The number of aromatic nitrogens is 1. The van der Waals surface area contributed by atoms with E-state index < -0.39 is 0 Å². The van der Waals surface area contributed by atoms with Crippen LogP contribution in [-0.4, -0.2) is 18.1 Å². The predicted molar refractivity (Wildman–Crippen MR) is 67.5 cm³/mol. The Balaban J connectivity index is 1.93. The average Bonchev–Trinajstić information content (AvgIpc) is 2.80. The van der Waals surface area contributed by atoms with Gasteiger partial charge in [-0.3, -0.25) is 0 Å². The molecule has 3 heteroatoms. The summed E-state index contributed by atoms with van der Waals surface area (Å²) in [6.07, 6.45) is 4.50. The molecule has 1 saturated heterocycles. The fraction of sp³-hybridized carbons (Fsp3) is 0.615. The van der Waals surface area contributed by atoms with Gasteiger partial charge in [-0.25, -0.2) is 4.98 Å². The van der Waals surface area contributed by atoms with E-state index in [1.807, 2.05) is 6.20 Å². The van der Waals surface area contributed by atoms with Gasteiger partial charge in [0.2, 0.25) is 0 Å². The van der Waals surface area contributed by atoms with Gasteiger partial charge in [0.05, 0.1) is 0 Å². The SMILES string of the molecule is CC(C)CNc1ccc([C@@H]2CCCN2)cn1. The summed E-state index contributed by atoms with van der Waals surface area (Å²) in [6.45, 7) is 6.51. The van der Waals surface area contributed by atoms with Gasteiger partial charge in [0, 0.05) is 18.8 Å². The van der Waals surface area contributed by atoms with E-state index in [1.54, 1.807) is 0 Å². The molecule has 16 heavy (non-hydrogen) atoms. The van der Waals surface area contributed by atoms with E-state index in [4.69, 9.17) is 0 Å². The van der Waals surface area contributed by atoms with Crippen LogP contribution in [0, 0.1) is 5.92 Å². The second kappa shape index (κ2) is 5.30. The first-order valence-corrected chi connectivity index (χ1v) is 6.19. The fourth-order valence-corrected chi connectivity index (χ4v) is 1.99. The largest absolute Gasteiger partial charge is 0.370 e. The van der Waals surface area contributed by atoms with Crippen LogP contribution < -0.4 is 10.6 Å². The quantitative estimate of drug-likeness (QED) is 0.817. The Bertz CT molecular complexity index is 312. The van der Waals surface area contributed by atoms with E-state index in [9.17, 15) is 0 Å². The van der Waals surface area contributed by atoms with Crippen LogP contribution in [-0.2, 0) is 0 Å². The number of rotatable bonds is 4. The molecule has 1 aliphatic rings. The van der Waals surface area contributed by atoms with Gasteiger partial charge in [-0.05, 0) is 36.9 Å². The summed E-state index contributed by atoms with van der Waals surface area (Å²) in [5, 5.41) is 6.81. The van der Waals surface area contributed by atoms with E-state index in [0.29, 0.717) is 12.0 Å². The third-order valence-electron chi connectivity index (χ3n) is 2.94. The van der Waals surface area contributed by atoms with Crippen LogP contribution >= 0.6 is 0 Å². The van der Waals surface area contributed by atoms with Crippen molar-refractivity contribution in [2.45, 2.75) is 32.7 Å². The number of anilines is 1. The minimum atomic E-state index is 0.520. The minimum Gasteiger partial charge on any atom is -0.370 e. The van der Waals surface area contributed by atoms with Crippen LogP contribution in [0.25, 0.3) is 0 Å². The molecule has 0 radical (unpaired) electrons. The lowest BCUT2D eigenvalue weighted by Gasteiger charge is -2.12. The summed E-state index contributed by atoms with van der Waals surface area (Å²) < 4.78 is 0. The summed E-state index contributed by atoms with van der Waals surface area (Å²) in [7, 11) is 0. The molecule has 1 aromatic rings. The number of pyridine rings is 1.